The van der Waals surface area contributed by atoms with E-state index in [9.17, 15) is 8.42 Å². The monoisotopic (exact) mass is 200 g/mol. The lowest BCUT2D eigenvalue weighted by molar-refractivity contribution is 0.602. The summed E-state index contributed by atoms with van der Waals surface area (Å²) >= 11 is 5.63. The zero-order valence-electron chi connectivity index (χ0n) is 6.41. The van der Waals surface area contributed by atoms with Gasteiger partial charge < -0.3 is 0 Å². The molecule has 0 saturated carbocycles. The van der Waals surface area contributed by atoms with Crippen LogP contribution in [-0.4, -0.2) is 22.5 Å². The van der Waals surface area contributed by atoms with Gasteiger partial charge in [0.25, 0.3) is 0 Å². The summed E-state index contributed by atoms with van der Waals surface area (Å²) in [6, 6.07) is 4.24. The van der Waals surface area contributed by atoms with Gasteiger partial charge in [0.15, 0.2) is 9.84 Å². The Morgan fingerprint density at radius 1 is 1.42 bits per heavy atom. The summed E-state index contributed by atoms with van der Waals surface area (Å²) in [4.78, 5) is 0.182. The maximum absolute atomic E-state index is 11.0. The Bertz CT molecular complexity index is 400. The van der Waals surface area contributed by atoms with Crippen molar-refractivity contribution in [1.82, 2.24) is 0 Å². The van der Waals surface area contributed by atoms with Crippen LogP contribution < -0.4 is 5.46 Å². The Hall–Kier alpha value is -0.475. The van der Waals surface area contributed by atoms with Crippen molar-refractivity contribution in [2.24, 2.45) is 0 Å². The minimum absolute atomic E-state index is 0.182. The van der Waals surface area contributed by atoms with Gasteiger partial charge in [-0.3, -0.25) is 0 Å². The lowest BCUT2D eigenvalue weighted by atomic mass is 9.97. The highest BCUT2D eigenvalue weighted by molar-refractivity contribution is 7.90. The van der Waals surface area contributed by atoms with Crippen molar-refractivity contribution < 1.29 is 8.42 Å². The molecule has 0 amide bonds. The quantitative estimate of drug-likeness (QED) is 0.620. The van der Waals surface area contributed by atoms with Crippen LogP contribution in [0.4, 0.5) is 0 Å². The van der Waals surface area contributed by atoms with Gasteiger partial charge in [-0.1, -0.05) is 23.1 Å². The number of hydrogen-bond donors (Lipinski definition) is 0. The van der Waals surface area contributed by atoms with Gasteiger partial charge >= 0.3 is 0 Å². The highest BCUT2D eigenvalue weighted by atomic mass is 35.5. The van der Waals surface area contributed by atoms with E-state index in [1.807, 2.05) is 0 Å². The molecular weight excluding hydrogens is 194 g/mol. The average Bonchev–Trinajstić information content (AvgIpc) is 1.92. The van der Waals surface area contributed by atoms with E-state index in [1.54, 1.807) is 0 Å². The summed E-state index contributed by atoms with van der Waals surface area (Å²) < 4.78 is 22.0. The molecule has 0 unspecified atom stereocenters. The van der Waals surface area contributed by atoms with Crippen molar-refractivity contribution in [3.63, 3.8) is 0 Å². The fourth-order valence-electron chi connectivity index (χ4n) is 0.739. The second-order valence-electron chi connectivity index (χ2n) is 2.46. The van der Waals surface area contributed by atoms with Gasteiger partial charge in [-0.2, -0.15) is 0 Å². The highest BCUT2D eigenvalue weighted by Gasteiger charge is 2.07. The van der Waals surface area contributed by atoms with E-state index in [1.165, 1.54) is 18.2 Å². The van der Waals surface area contributed by atoms with Crippen LogP contribution in [0.2, 0.25) is 5.02 Å². The van der Waals surface area contributed by atoms with Crippen molar-refractivity contribution in [1.29, 1.82) is 0 Å². The Labute approximate surface area is 77.9 Å². The Morgan fingerprint density at radius 3 is 2.42 bits per heavy atom. The van der Waals surface area contributed by atoms with Crippen LogP contribution in [0.1, 0.15) is 0 Å². The number of benzene rings is 1. The van der Waals surface area contributed by atoms with E-state index >= 15 is 0 Å². The number of rotatable bonds is 1. The third kappa shape index (κ3) is 2.02. The first-order valence-electron chi connectivity index (χ1n) is 3.16. The normalized spacial score (nSPS) is 11.5. The Balaban J connectivity index is 3.33. The number of halogens is 1. The number of hydrogen-bond acceptors (Lipinski definition) is 2. The third-order valence-electron chi connectivity index (χ3n) is 1.40. The molecule has 0 aliphatic rings. The van der Waals surface area contributed by atoms with Gasteiger partial charge in [0.05, 0.1) is 4.90 Å². The molecule has 5 heteroatoms. The van der Waals surface area contributed by atoms with Crippen LogP contribution in [0.5, 0.6) is 0 Å². The summed E-state index contributed by atoms with van der Waals surface area (Å²) in [7, 11) is 2.22. The van der Waals surface area contributed by atoms with Crippen LogP contribution in [-0.2, 0) is 9.84 Å². The number of sulfone groups is 1. The fourth-order valence-corrected chi connectivity index (χ4v) is 1.63. The second kappa shape index (κ2) is 3.11. The van der Waals surface area contributed by atoms with E-state index in [4.69, 9.17) is 19.4 Å². The van der Waals surface area contributed by atoms with Gasteiger partial charge in [0.1, 0.15) is 7.85 Å². The van der Waals surface area contributed by atoms with E-state index in [-0.39, 0.29) is 9.92 Å². The lowest BCUT2D eigenvalue weighted by Gasteiger charge is -2.00. The molecule has 2 nitrogen and oxygen atoms in total. The molecule has 0 atom stereocenters. The van der Waals surface area contributed by atoms with Gasteiger partial charge in [-0.25, -0.2) is 8.42 Å². The fraction of sp³-hybridized carbons (Fsp3) is 0.143. The van der Waals surface area contributed by atoms with Gasteiger partial charge in [0, 0.05) is 11.3 Å². The first-order valence-corrected chi connectivity index (χ1v) is 5.43. The summed E-state index contributed by atoms with van der Waals surface area (Å²) in [6.07, 6.45) is 1.12. The van der Waals surface area contributed by atoms with Crippen molar-refractivity contribution in [2.45, 2.75) is 4.90 Å². The predicted molar refractivity (Wildman–Crippen MR) is 49.9 cm³/mol. The zero-order valence-corrected chi connectivity index (χ0v) is 7.98. The summed E-state index contributed by atoms with van der Waals surface area (Å²) in [6.45, 7) is 0. The molecule has 0 aliphatic heterocycles. The molecule has 1 aromatic carbocycles. The van der Waals surface area contributed by atoms with Crippen molar-refractivity contribution in [3.05, 3.63) is 23.2 Å². The standard InChI is InChI=1S/C7H6BClO2S/c1-12(10,11)5-2-3-6(8)7(9)4-5/h2-4H,1H3. The SMILES string of the molecule is [B]c1ccc(S(C)(=O)=O)cc1Cl. The van der Waals surface area contributed by atoms with Crippen molar-refractivity contribution in [3.8, 4) is 0 Å². The van der Waals surface area contributed by atoms with E-state index < -0.39 is 9.84 Å². The van der Waals surface area contributed by atoms with E-state index in [0.717, 1.165) is 6.26 Å². The Kier molecular flexibility index (Phi) is 2.49. The smallest absolute Gasteiger partial charge is 0.175 e. The molecule has 0 spiro atoms. The van der Waals surface area contributed by atoms with Gasteiger partial charge in [0.2, 0.25) is 0 Å². The lowest BCUT2D eigenvalue weighted by Crippen LogP contribution is -2.06. The van der Waals surface area contributed by atoms with Crippen LogP contribution in [0.15, 0.2) is 23.1 Å². The maximum Gasteiger partial charge on any atom is 0.175 e. The highest BCUT2D eigenvalue weighted by Crippen LogP contribution is 2.12. The van der Waals surface area contributed by atoms with Crippen molar-refractivity contribution >= 4 is 34.7 Å². The molecule has 1 rings (SSSR count). The van der Waals surface area contributed by atoms with Gasteiger partial charge in [-0.15, -0.1) is 0 Å². The largest absolute Gasteiger partial charge is 0.224 e. The molecule has 0 fully saturated rings. The molecule has 0 bridgehead atoms. The molecule has 1 aromatic rings. The minimum atomic E-state index is -3.18. The average molecular weight is 200 g/mol. The van der Waals surface area contributed by atoms with Crippen LogP contribution in [0, 0.1) is 0 Å². The summed E-state index contributed by atoms with van der Waals surface area (Å²) in [5.41, 5.74) is 0.379. The first kappa shape index (κ1) is 9.61. The molecule has 0 N–H and O–H groups in total. The molecule has 0 heterocycles. The summed E-state index contributed by atoms with van der Waals surface area (Å²) in [5.74, 6) is 0. The zero-order chi connectivity index (χ0) is 9.35. The first-order chi connectivity index (χ1) is 5.41. The van der Waals surface area contributed by atoms with Crippen molar-refractivity contribution in [2.75, 3.05) is 6.26 Å². The second-order valence-corrected chi connectivity index (χ2v) is 4.88. The topological polar surface area (TPSA) is 34.1 Å². The van der Waals surface area contributed by atoms with Crippen LogP contribution in [0.3, 0.4) is 0 Å². The van der Waals surface area contributed by atoms with E-state index in [0.29, 0.717) is 5.46 Å². The molecule has 62 valence electrons. The minimum Gasteiger partial charge on any atom is -0.224 e. The van der Waals surface area contributed by atoms with Crippen LogP contribution in [0.25, 0.3) is 0 Å². The molecule has 0 aliphatic carbocycles. The molecule has 12 heavy (non-hydrogen) atoms. The maximum atomic E-state index is 11.0. The van der Waals surface area contributed by atoms with E-state index in [2.05, 4.69) is 0 Å². The molecule has 0 saturated heterocycles. The molecule has 0 aromatic heterocycles. The van der Waals surface area contributed by atoms with Gasteiger partial charge in [-0.05, 0) is 12.1 Å². The molecular formula is C7H6BClO2S. The third-order valence-corrected chi connectivity index (χ3v) is 2.84. The molecule has 2 radical (unpaired) electrons. The Morgan fingerprint density at radius 2 is 2.00 bits per heavy atom. The predicted octanol–water partition coefficient (Wildman–Crippen LogP) is 0.537. The van der Waals surface area contributed by atoms with Crippen LogP contribution >= 0.6 is 11.6 Å². The summed E-state index contributed by atoms with van der Waals surface area (Å²) in [5, 5.41) is 0.262.